The van der Waals surface area contributed by atoms with Crippen LogP contribution in [0.1, 0.15) is 69.3 Å². The lowest BCUT2D eigenvalue weighted by Crippen LogP contribution is -2.48. The predicted molar refractivity (Wildman–Crippen MR) is 284 cm³/mol. The summed E-state index contributed by atoms with van der Waals surface area (Å²) in [6.45, 7) is 13.2. The van der Waals surface area contributed by atoms with E-state index in [2.05, 4.69) is 80.7 Å². The van der Waals surface area contributed by atoms with Crippen LogP contribution in [0.5, 0.6) is 11.5 Å². The lowest BCUT2D eigenvalue weighted by atomic mass is 9.79. The molecule has 4 aliphatic rings. The van der Waals surface area contributed by atoms with Crippen molar-refractivity contribution >= 4 is 56.7 Å². The number of amides is 2. The lowest BCUT2D eigenvalue weighted by molar-refractivity contribution is -0.165. The minimum atomic E-state index is -2.49. The van der Waals surface area contributed by atoms with Gasteiger partial charge in [0.15, 0.2) is 12.2 Å². The molecule has 0 saturated carbocycles. The number of H-pyrrole nitrogens is 2. The molecule has 2 amide bonds. The molecule has 390 valence electrons. The molecule has 16 nitrogen and oxygen atoms in total. The fourth-order valence-electron chi connectivity index (χ4n) is 11.0. The van der Waals surface area contributed by atoms with E-state index in [4.69, 9.17) is 38.1 Å². The van der Waals surface area contributed by atoms with Crippen LogP contribution in [0.2, 0.25) is 0 Å². The molecule has 0 radical (unpaired) electrons. The van der Waals surface area contributed by atoms with Crippen molar-refractivity contribution in [2.24, 2.45) is 11.8 Å². The van der Waals surface area contributed by atoms with Gasteiger partial charge in [-0.1, -0.05) is 60.7 Å². The molecule has 6 N–H and O–H groups in total. The van der Waals surface area contributed by atoms with Gasteiger partial charge in [-0.25, -0.2) is 9.59 Å². The van der Waals surface area contributed by atoms with Crippen LogP contribution in [0, 0.1) is 11.8 Å². The van der Waals surface area contributed by atoms with Crippen LogP contribution in [0.25, 0.3) is 33.0 Å². The molecule has 0 fully saturated rings. The van der Waals surface area contributed by atoms with Crippen LogP contribution in [0.4, 0.5) is 0 Å². The number of rotatable bonds is 15. The molecule has 0 spiro atoms. The summed E-state index contributed by atoms with van der Waals surface area (Å²) in [5.41, 5.74) is 11.5. The van der Waals surface area contributed by atoms with Gasteiger partial charge in [-0.05, 0) is 121 Å². The van der Waals surface area contributed by atoms with Crippen molar-refractivity contribution in [2.45, 2.75) is 77.9 Å². The first-order chi connectivity index (χ1) is 38.0. The van der Waals surface area contributed by atoms with Gasteiger partial charge in [-0.3, -0.25) is 19.4 Å². The zero-order valence-corrected chi connectivity index (χ0v) is 42.0. The molecular weight excluding hydrogens is 941 g/mol. The van der Waals surface area contributed by atoms with Gasteiger partial charge < -0.3 is 49.7 Å². The number of hydrogen-bond acceptors (Lipinski definition) is 10. The SMILES string of the molecule is O=C(O)C(O)C(O)C(=O)O.[2H]C([2H])([2H])Oc1cccc(CN2C[C@H](C(=O)N(CC)CC)C=C3c4cccc5[nH]cc(c45)C[C@H]32)c1.[2H]C([2H])([2H])Oc1cccc(CN2C[C@H](C(=O)N(CC)CC)C=C3c4cccc5[nH]cc(c45)C[C@H]32)c1. The Hall–Kier alpha value is -7.24. The van der Waals surface area contributed by atoms with Crippen molar-refractivity contribution in [1.82, 2.24) is 29.6 Å². The number of nitrogens with zero attached hydrogens (tertiary/aromatic N) is 4. The van der Waals surface area contributed by atoms with Crippen molar-refractivity contribution in [3.63, 3.8) is 0 Å². The number of hydrogen-bond donors (Lipinski definition) is 6. The third-order valence-corrected chi connectivity index (χ3v) is 14.6. The van der Waals surface area contributed by atoms with Crippen molar-refractivity contribution in [3.8, 4) is 11.5 Å². The van der Waals surface area contributed by atoms with Gasteiger partial charge in [-0.2, -0.15) is 0 Å². The molecule has 16 heteroatoms. The number of nitrogens with one attached hydrogen (secondary N) is 2. The van der Waals surface area contributed by atoms with Crippen LogP contribution in [0.3, 0.4) is 0 Å². The number of aliphatic carboxylic acids is 2. The maximum Gasteiger partial charge on any atom is 0.335 e. The smallest absolute Gasteiger partial charge is 0.335 e. The van der Waals surface area contributed by atoms with E-state index in [1.54, 1.807) is 24.3 Å². The van der Waals surface area contributed by atoms with Crippen LogP contribution in [-0.4, -0.2) is 151 Å². The van der Waals surface area contributed by atoms with E-state index in [0.29, 0.717) is 63.9 Å². The Morgan fingerprint density at radius 3 is 1.38 bits per heavy atom. The second kappa shape index (κ2) is 23.3. The van der Waals surface area contributed by atoms with E-state index in [0.717, 1.165) is 35.0 Å². The summed E-state index contributed by atoms with van der Waals surface area (Å²) in [5.74, 6) is -3.06. The van der Waals surface area contributed by atoms with E-state index in [1.165, 1.54) is 44.2 Å². The van der Waals surface area contributed by atoms with E-state index in [1.807, 2.05) is 61.8 Å². The molecule has 2 aromatic heterocycles. The van der Waals surface area contributed by atoms with Gasteiger partial charge in [0.25, 0.3) is 0 Å². The third-order valence-electron chi connectivity index (χ3n) is 14.6. The van der Waals surface area contributed by atoms with Gasteiger partial charge in [-0.15, -0.1) is 0 Å². The third kappa shape index (κ3) is 11.0. The number of benzene rings is 4. The fourth-order valence-corrected chi connectivity index (χ4v) is 11.0. The van der Waals surface area contributed by atoms with E-state index in [-0.39, 0.29) is 35.7 Å². The number of carboxylic acid groups (broad SMARTS) is 2. The maximum atomic E-state index is 13.4. The zero-order chi connectivity index (χ0) is 57.8. The molecule has 10 rings (SSSR count). The van der Waals surface area contributed by atoms with Gasteiger partial charge in [0, 0.05) is 98.6 Å². The number of carbonyl (C=O) groups is 4. The number of aromatic amines is 2. The van der Waals surface area contributed by atoms with Gasteiger partial charge in [0.05, 0.1) is 34.1 Å². The Morgan fingerprint density at radius 1 is 0.622 bits per heavy atom. The van der Waals surface area contributed by atoms with Crippen molar-refractivity contribution in [3.05, 3.63) is 143 Å². The predicted octanol–water partition coefficient (Wildman–Crippen LogP) is 6.85. The average Bonchev–Trinajstić information content (AvgIpc) is 4.14. The number of methoxy groups -OCH3 is 2. The quantitative estimate of drug-likeness (QED) is 0.0624. The number of aromatic nitrogens is 2. The number of carbonyl (C=O) groups excluding carboxylic acids is 2. The Balaban J connectivity index is 0.000000180. The molecule has 6 aromatic rings. The normalized spacial score (nSPS) is 21.0. The standard InChI is InChI=1S/2C27H31N3O2.C4H6O6/c2*1-4-29(5-2)27(31)20-13-23-22-10-7-11-24-26(22)19(15-28-24)14-25(23)30(17-20)16-18-8-6-9-21(12-18)32-3;5-1(3(7)8)2(6)4(9)10/h2*6-13,15,20,25,28H,4-5,14,16-17H2,1-3H3;1-2,5-6H,(H,7,8)(H,9,10)/t2*20-,25-;/m11./s1/i2*3D3;. The fraction of sp³-hybridized carbons (Fsp3) is 0.379. The summed E-state index contributed by atoms with van der Waals surface area (Å²) in [6.07, 6.45) is 5.78. The molecule has 6 atom stereocenters. The molecule has 4 aromatic carbocycles. The highest BCUT2D eigenvalue weighted by molar-refractivity contribution is 6.00. The van der Waals surface area contributed by atoms with Gasteiger partial charge in [0.1, 0.15) is 11.5 Å². The summed E-state index contributed by atoms with van der Waals surface area (Å²) in [4.78, 5) is 61.8. The molecule has 2 aliphatic carbocycles. The van der Waals surface area contributed by atoms with Gasteiger partial charge >= 0.3 is 11.9 Å². The van der Waals surface area contributed by atoms with Crippen molar-refractivity contribution < 1.29 is 57.3 Å². The van der Waals surface area contributed by atoms with Crippen molar-refractivity contribution in [1.29, 1.82) is 0 Å². The van der Waals surface area contributed by atoms with Crippen LogP contribution >= 0.6 is 0 Å². The topological polar surface area (TPSA) is 212 Å². The summed E-state index contributed by atoms with van der Waals surface area (Å²) < 4.78 is 54.8. The number of fused-ring (bicyclic) bond motifs is 4. The number of carboxylic acids is 2. The average molecular weight is 1020 g/mol. The monoisotopic (exact) mass is 1010 g/mol. The number of aliphatic hydroxyl groups excluding tert-OH is 2. The first kappa shape index (κ1) is 45.4. The maximum absolute atomic E-state index is 13.4. The Labute approximate surface area is 439 Å². The Bertz CT molecular complexity index is 3080. The van der Waals surface area contributed by atoms with Crippen LogP contribution in [0.15, 0.2) is 109 Å². The van der Waals surface area contributed by atoms with Crippen LogP contribution < -0.4 is 9.47 Å². The Kier molecular flexibility index (Phi) is 14.3. The largest absolute Gasteiger partial charge is 0.497 e. The molecule has 2 aliphatic heterocycles. The highest BCUT2D eigenvalue weighted by Gasteiger charge is 2.40. The molecule has 4 heterocycles. The summed E-state index contributed by atoms with van der Waals surface area (Å²) >= 11 is 0. The first-order valence-corrected chi connectivity index (χ1v) is 25.1. The minimum Gasteiger partial charge on any atom is -0.497 e. The second-order valence-electron chi connectivity index (χ2n) is 18.9. The first-order valence-electron chi connectivity index (χ1n) is 28.1. The lowest BCUT2D eigenvalue weighted by Gasteiger charge is -2.42. The van der Waals surface area contributed by atoms with Crippen LogP contribution in [-0.2, 0) is 45.1 Å². The molecule has 0 saturated heterocycles. The summed E-state index contributed by atoms with van der Waals surface area (Å²) in [7, 11) is -4.98. The second-order valence-corrected chi connectivity index (χ2v) is 18.9. The van der Waals surface area contributed by atoms with Gasteiger partial charge in [0.2, 0.25) is 11.8 Å². The minimum absolute atomic E-state index is 0.136. The van der Waals surface area contributed by atoms with Crippen molar-refractivity contribution in [2.75, 3.05) is 53.3 Å². The van der Waals surface area contributed by atoms with E-state index in [9.17, 15) is 19.2 Å². The Morgan fingerprint density at radius 2 is 1.01 bits per heavy atom. The highest BCUT2D eigenvalue weighted by atomic mass is 16.5. The number of aliphatic hydroxyl groups is 2. The molecule has 2 unspecified atom stereocenters. The highest BCUT2D eigenvalue weighted by Crippen LogP contribution is 2.44. The summed E-state index contributed by atoms with van der Waals surface area (Å²) in [5, 5.41) is 35.0. The summed E-state index contributed by atoms with van der Waals surface area (Å²) in [6, 6.07) is 27.4. The molecule has 0 bridgehead atoms. The molecular formula is C58H68N6O10. The zero-order valence-electron chi connectivity index (χ0n) is 48.0. The molecule has 74 heavy (non-hydrogen) atoms. The van der Waals surface area contributed by atoms with E-state index < -0.39 is 38.2 Å². The number of ether oxygens (including phenoxy) is 2. The van der Waals surface area contributed by atoms with E-state index >= 15 is 0 Å².